The lowest BCUT2D eigenvalue weighted by Gasteiger charge is -2.38. The van der Waals surface area contributed by atoms with Crippen molar-refractivity contribution in [3.8, 4) is 6.07 Å². The highest BCUT2D eigenvalue weighted by atomic mass is 19.4. The van der Waals surface area contributed by atoms with E-state index in [4.69, 9.17) is 0 Å². The van der Waals surface area contributed by atoms with Gasteiger partial charge < -0.3 is 20.9 Å². The van der Waals surface area contributed by atoms with E-state index in [1.807, 2.05) is 25.2 Å². The minimum absolute atomic E-state index is 0.0221. The number of alkyl halides is 3. The molecule has 0 unspecified atom stereocenters. The van der Waals surface area contributed by atoms with Crippen LogP contribution in [0.5, 0.6) is 0 Å². The number of fused-ring (bicyclic) bond motifs is 1. The maximum Gasteiger partial charge on any atom is 0.471 e. The first kappa shape index (κ1) is 27.7. The van der Waals surface area contributed by atoms with Crippen molar-refractivity contribution in [2.75, 3.05) is 13.1 Å². The zero-order valence-electron chi connectivity index (χ0n) is 21.2. The third kappa shape index (κ3) is 5.44. The summed E-state index contributed by atoms with van der Waals surface area (Å²) in [6.07, 6.45) is -4.32. The van der Waals surface area contributed by atoms with E-state index in [1.54, 1.807) is 0 Å². The first-order valence-electron chi connectivity index (χ1n) is 12.1. The Kier molecular flexibility index (Phi) is 7.37. The number of carbonyl (C=O) groups is 4. The summed E-state index contributed by atoms with van der Waals surface area (Å²) in [6.45, 7) is 9.25. The number of carbonyl (C=O) groups excluding carboxylic acids is 4. The van der Waals surface area contributed by atoms with Crippen LogP contribution >= 0.6 is 0 Å². The number of piperidine rings is 1. The second-order valence-corrected chi connectivity index (χ2v) is 11.7. The summed E-state index contributed by atoms with van der Waals surface area (Å²) >= 11 is 0. The molecule has 3 N–H and O–H groups in total. The number of halogens is 3. The molecule has 0 bridgehead atoms. The third-order valence-electron chi connectivity index (χ3n) is 7.82. The average molecular weight is 514 g/mol. The number of likely N-dealkylation sites (tertiary alicyclic amines) is 1. The maximum absolute atomic E-state index is 13.5. The van der Waals surface area contributed by atoms with Gasteiger partial charge in [-0.2, -0.15) is 18.4 Å². The fourth-order valence-electron chi connectivity index (χ4n) is 5.64. The van der Waals surface area contributed by atoms with Crippen molar-refractivity contribution >= 4 is 23.6 Å². The molecule has 9 nitrogen and oxygen atoms in total. The number of hydrogen-bond acceptors (Lipinski definition) is 5. The van der Waals surface area contributed by atoms with E-state index in [-0.39, 0.29) is 48.5 Å². The van der Waals surface area contributed by atoms with Crippen LogP contribution in [0, 0.1) is 39.9 Å². The van der Waals surface area contributed by atoms with Crippen LogP contribution in [-0.4, -0.2) is 65.9 Å². The Labute approximate surface area is 208 Å². The van der Waals surface area contributed by atoms with Crippen molar-refractivity contribution < 1.29 is 32.3 Å². The molecule has 12 heteroatoms. The van der Waals surface area contributed by atoms with Crippen LogP contribution < -0.4 is 16.0 Å². The van der Waals surface area contributed by atoms with Crippen molar-refractivity contribution in [1.82, 2.24) is 20.9 Å². The summed E-state index contributed by atoms with van der Waals surface area (Å²) in [5, 5.41) is 16.6. The van der Waals surface area contributed by atoms with Gasteiger partial charge in [0.15, 0.2) is 0 Å². The van der Waals surface area contributed by atoms with E-state index in [0.29, 0.717) is 13.0 Å². The van der Waals surface area contributed by atoms with Crippen molar-refractivity contribution in [3.05, 3.63) is 0 Å². The van der Waals surface area contributed by atoms with Gasteiger partial charge in [0, 0.05) is 25.0 Å². The Balaban J connectivity index is 1.82. The van der Waals surface area contributed by atoms with Gasteiger partial charge in [0.05, 0.1) is 12.5 Å². The predicted octanol–water partition coefficient (Wildman–Crippen LogP) is 1.49. The number of nitriles is 1. The molecule has 6 atom stereocenters. The molecule has 0 aromatic carbocycles. The Morgan fingerprint density at radius 3 is 2.36 bits per heavy atom. The zero-order valence-corrected chi connectivity index (χ0v) is 21.2. The Morgan fingerprint density at radius 1 is 1.22 bits per heavy atom. The number of hydrogen-bond donors (Lipinski definition) is 3. The Morgan fingerprint density at radius 2 is 1.86 bits per heavy atom. The van der Waals surface area contributed by atoms with Gasteiger partial charge >= 0.3 is 12.1 Å². The lowest BCUT2D eigenvalue weighted by molar-refractivity contribution is -0.176. The fourth-order valence-corrected chi connectivity index (χ4v) is 5.64. The lowest BCUT2D eigenvalue weighted by atomic mass is 9.85. The van der Waals surface area contributed by atoms with Gasteiger partial charge in [0.1, 0.15) is 12.1 Å². The SMILES string of the molecule is CC(C)(C)[C@H](NC(=O)C(F)(F)F)C(=O)N1C[C@H]2[C@@H]([C@H]1C(=O)N[C@H](CC#N)C[C@@H]1CCNC1=O)C2(C)C. The minimum Gasteiger partial charge on any atom is -0.356 e. The van der Waals surface area contributed by atoms with Crippen molar-refractivity contribution in [1.29, 1.82) is 5.26 Å². The molecule has 0 spiro atoms. The highest BCUT2D eigenvalue weighted by molar-refractivity contribution is 5.95. The van der Waals surface area contributed by atoms with E-state index in [9.17, 15) is 37.6 Å². The van der Waals surface area contributed by atoms with Gasteiger partial charge in [-0.15, -0.1) is 0 Å². The summed E-state index contributed by atoms with van der Waals surface area (Å²) < 4.78 is 38.9. The molecule has 3 fully saturated rings. The Hall–Kier alpha value is -2.84. The fraction of sp³-hybridized carbons (Fsp3) is 0.792. The first-order valence-corrected chi connectivity index (χ1v) is 12.1. The second kappa shape index (κ2) is 9.56. The lowest BCUT2D eigenvalue weighted by Crippen LogP contribution is -2.61. The normalized spacial score (nSPS) is 28.4. The highest BCUT2D eigenvalue weighted by Crippen LogP contribution is 2.65. The second-order valence-electron chi connectivity index (χ2n) is 11.7. The van der Waals surface area contributed by atoms with E-state index in [0.717, 1.165) is 0 Å². The molecule has 1 aliphatic carbocycles. The maximum atomic E-state index is 13.5. The van der Waals surface area contributed by atoms with Crippen LogP contribution in [0.2, 0.25) is 0 Å². The zero-order chi connectivity index (χ0) is 27.2. The van der Waals surface area contributed by atoms with Crippen LogP contribution in [0.15, 0.2) is 0 Å². The van der Waals surface area contributed by atoms with Crippen molar-refractivity contribution in [3.63, 3.8) is 0 Å². The molecule has 3 aliphatic rings. The summed E-state index contributed by atoms with van der Waals surface area (Å²) in [6, 6.07) is -1.05. The molecule has 2 saturated heterocycles. The molecule has 2 aliphatic heterocycles. The molecule has 1 saturated carbocycles. The average Bonchev–Trinajstić information content (AvgIpc) is 3.09. The quantitative estimate of drug-likeness (QED) is 0.475. The van der Waals surface area contributed by atoms with E-state index in [1.165, 1.54) is 25.7 Å². The molecular formula is C24H34F3N5O4. The van der Waals surface area contributed by atoms with Gasteiger partial charge in [0.2, 0.25) is 17.7 Å². The molecule has 2 heterocycles. The van der Waals surface area contributed by atoms with Crippen LogP contribution in [-0.2, 0) is 19.2 Å². The van der Waals surface area contributed by atoms with Crippen LogP contribution in [0.1, 0.15) is 53.9 Å². The summed E-state index contributed by atoms with van der Waals surface area (Å²) in [7, 11) is 0. The van der Waals surface area contributed by atoms with Crippen LogP contribution in [0.25, 0.3) is 0 Å². The minimum atomic E-state index is -5.16. The molecular weight excluding hydrogens is 479 g/mol. The van der Waals surface area contributed by atoms with Gasteiger partial charge in [-0.05, 0) is 35.5 Å². The first-order chi connectivity index (χ1) is 16.5. The highest BCUT2D eigenvalue weighted by Gasteiger charge is 2.70. The van der Waals surface area contributed by atoms with Gasteiger partial charge in [0.25, 0.3) is 0 Å². The monoisotopic (exact) mass is 513 g/mol. The third-order valence-corrected chi connectivity index (χ3v) is 7.82. The Bertz CT molecular complexity index is 968. The molecule has 3 rings (SSSR count). The summed E-state index contributed by atoms with van der Waals surface area (Å²) in [4.78, 5) is 52.0. The number of rotatable bonds is 7. The topological polar surface area (TPSA) is 131 Å². The van der Waals surface area contributed by atoms with Crippen LogP contribution in [0.3, 0.4) is 0 Å². The van der Waals surface area contributed by atoms with Crippen LogP contribution in [0.4, 0.5) is 13.2 Å². The molecule has 0 aromatic heterocycles. The molecule has 36 heavy (non-hydrogen) atoms. The van der Waals surface area contributed by atoms with Crippen molar-refractivity contribution in [2.45, 2.75) is 78.2 Å². The van der Waals surface area contributed by atoms with Gasteiger partial charge in [-0.1, -0.05) is 34.6 Å². The predicted molar refractivity (Wildman–Crippen MR) is 122 cm³/mol. The van der Waals surface area contributed by atoms with Gasteiger partial charge in [-0.25, -0.2) is 0 Å². The standard InChI is InChI=1S/C24H34F3N5O4/c1-22(2,3)17(31-21(36)24(25,26)27)20(35)32-11-14-15(23(14,4)5)16(32)19(34)30-13(6-8-28)10-12-7-9-29-18(12)33/h12-17H,6-7,9-11H2,1-5H3,(H,29,33)(H,30,34)(H,31,36)/t12-,13+,14-,15-,16-,17+/m0/s1. The number of nitrogens with zero attached hydrogens (tertiary/aromatic N) is 2. The smallest absolute Gasteiger partial charge is 0.356 e. The number of amides is 4. The molecule has 4 amide bonds. The van der Waals surface area contributed by atoms with E-state index >= 15 is 0 Å². The molecule has 200 valence electrons. The molecule has 0 aromatic rings. The summed E-state index contributed by atoms with van der Waals surface area (Å²) in [5.74, 6) is -4.18. The van der Waals surface area contributed by atoms with E-state index in [2.05, 4.69) is 10.6 Å². The largest absolute Gasteiger partial charge is 0.471 e. The summed E-state index contributed by atoms with van der Waals surface area (Å²) in [5.41, 5.74) is -1.30. The number of nitrogens with one attached hydrogen (secondary N) is 3. The molecule has 0 radical (unpaired) electrons. The van der Waals surface area contributed by atoms with E-state index < -0.39 is 47.4 Å². The van der Waals surface area contributed by atoms with Crippen molar-refractivity contribution in [2.24, 2.45) is 28.6 Å². The van der Waals surface area contributed by atoms with Gasteiger partial charge in [-0.3, -0.25) is 19.2 Å².